The average molecular weight is 328 g/mol. The summed E-state index contributed by atoms with van der Waals surface area (Å²) in [7, 11) is 0. The summed E-state index contributed by atoms with van der Waals surface area (Å²) < 4.78 is 81.0. The Morgan fingerprint density at radius 1 is 0.955 bits per heavy atom. The number of aromatic carboxylic acids is 1. The van der Waals surface area contributed by atoms with Crippen molar-refractivity contribution in [1.82, 2.24) is 0 Å². The second-order valence-electron chi connectivity index (χ2n) is 4.07. The van der Waals surface area contributed by atoms with Gasteiger partial charge >= 0.3 is 30.3 Å². The first-order valence-corrected chi connectivity index (χ1v) is 5.21. The molecule has 118 valence electrons. The summed E-state index contributed by atoms with van der Waals surface area (Å²) >= 11 is 0. The van der Waals surface area contributed by atoms with Crippen LogP contribution in [0.25, 0.3) is 0 Å². The number of rotatable bonds is 1. The summed E-state index contributed by atoms with van der Waals surface area (Å²) in [4.78, 5) is 33.4. The van der Waals surface area contributed by atoms with Gasteiger partial charge in [0.15, 0.2) is 0 Å². The van der Waals surface area contributed by atoms with Crippen molar-refractivity contribution in [3.05, 3.63) is 33.9 Å². The fourth-order valence-corrected chi connectivity index (χ4v) is 1.97. The lowest BCUT2D eigenvalue weighted by molar-refractivity contribution is -0.142. The number of hydrogen-bond donors (Lipinski definition) is 1. The maximum absolute atomic E-state index is 12.9. The number of esters is 2. The molecule has 0 bridgehead atoms. The Morgan fingerprint density at radius 2 is 1.45 bits per heavy atom. The number of alkyl halides is 6. The molecule has 11 heteroatoms. The van der Waals surface area contributed by atoms with Crippen molar-refractivity contribution < 1.29 is 50.6 Å². The van der Waals surface area contributed by atoms with Crippen LogP contribution >= 0.6 is 0 Å². The number of hydrogen-bond acceptors (Lipinski definition) is 4. The van der Waals surface area contributed by atoms with Crippen LogP contribution < -0.4 is 0 Å². The van der Waals surface area contributed by atoms with Crippen molar-refractivity contribution in [3.8, 4) is 0 Å². The number of fused-ring (bicyclic) bond motifs is 1. The smallest absolute Gasteiger partial charge is 0.418 e. The van der Waals surface area contributed by atoms with Gasteiger partial charge in [-0.15, -0.1) is 0 Å². The van der Waals surface area contributed by atoms with Gasteiger partial charge in [0.05, 0.1) is 27.8 Å². The van der Waals surface area contributed by atoms with E-state index in [-0.39, 0.29) is 6.07 Å². The highest BCUT2D eigenvalue weighted by molar-refractivity contribution is 6.17. The van der Waals surface area contributed by atoms with Crippen LogP contribution in [0.5, 0.6) is 0 Å². The number of carboxylic acids is 1. The molecule has 1 N–H and O–H groups in total. The predicted molar refractivity (Wildman–Crippen MR) is 53.2 cm³/mol. The quantitative estimate of drug-likeness (QED) is 0.487. The van der Waals surface area contributed by atoms with E-state index in [1.165, 1.54) is 0 Å². The van der Waals surface area contributed by atoms with Crippen molar-refractivity contribution in [2.75, 3.05) is 0 Å². The van der Waals surface area contributed by atoms with Gasteiger partial charge in [-0.05, 0) is 6.07 Å². The van der Waals surface area contributed by atoms with Gasteiger partial charge in [0, 0.05) is 0 Å². The van der Waals surface area contributed by atoms with E-state index in [0.29, 0.717) is 0 Å². The van der Waals surface area contributed by atoms with Crippen LogP contribution in [0.4, 0.5) is 26.3 Å². The van der Waals surface area contributed by atoms with Gasteiger partial charge in [0.25, 0.3) is 0 Å². The summed E-state index contributed by atoms with van der Waals surface area (Å²) in [5.74, 6) is -6.25. The highest BCUT2D eigenvalue weighted by Crippen LogP contribution is 2.44. The molecule has 0 radical (unpaired) electrons. The number of carbonyl (C=O) groups is 3. The molecule has 0 saturated heterocycles. The van der Waals surface area contributed by atoms with E-state index >= 15 is 0 Å². The second-order valence-corrected chi connectivity index (χ2v) is 4.07. The normalized spacial score (nSPS) is 14.8. The zero-order valence-corrected chi connectivity index (χ0v) is 9.93. The topological polar surface area (TPSA) is 80.7 Å². The van der Waals surface area contributed by atoms with Crippen molar-refractivity contribution in [3.63, 3.8) is 0 Å². The zero-order valence-electron chi connectivity index (χ0n) is 9.93. The minimum absolute atomic E-state index is 0.343. The Balaban J connectivity index is 3.03. The second kappa shape index (κ2) is 4.45. The lowest BCUT2D eigenvalue weighted by atomic mass is 9.91. The molecule has 0 spiro atoms. The maximum atomic E-state index is 12.9. The van der Waals surface area contributed by atoms with Crippen molar-refractivity contribution >= 4 is 17.9 Å². The van der Waals surface area contributed by atoms with Crippen molar-refractivity contribution in [2.24, 2.45) is 0 Å². The van der Waals surface area contributed by atoms with E-state index in [0.717, 1.165) is 0 Å². The zero-order chi connectivity index (χ0) is 17.0. The summed E-state index contributed by atoms with van der Waals surface area (Å²) in [5, 5.41) is 8.70. The van der Waals surface area contributed by atoms with Crippen LogP contribution in [-0.4, -0.2) is 23.0 Å². The standard InChI is InChI=1S/C11H2F6O5/c12-10(13,14)3-1-2(7(18)19)6(11(15,16)17)5-4(3)8(20)22-9(5)21/h1H,(H,18,19). The summed E-state index contributed by atoms with van der Waals surface area (Å²) in [6.45, 7) is 0. The Bertz CT molecular complexity index is 715. The summed E-state index contributed by atoms with van der Waals surface area (Å²) in [6.07, 6.45) is -10.8. The van der Waals surface area contributed by atoms with Crippen molar-refractivity contribution in [1.29, 1.82) is 0 Å². The van der Waals surface area contributed by atoms with Gasteiger partial charge in [0.2, 0.25) is 0 Å². The van der Waals surface area contributed by atoms with E-state index in [9.17, 15) is 40.7 Å². The van der Waals surface area contributed by atoms with Crippen LogP contribution in [0.3, 0.4) is 0 Å². The lowest BCUT2D eigenvalue weighted by Crippen LogP contribution is -2.22. The molecule has 5 nitrogen and oxygen atoms in total. The Morgan fingerprint density at radius 3 is 1.86 bits per heavy atom. The molecule has 0 amide bonds. The third-order valence-corrected chi connectivity index (χ3v) is 2.74. The van der Waals surface area contributed by atoms with E-state index in [4.69, 9.17) is 5.11 Å². The van der Waals surface area contributed by atoms with Crippen LogP contribution in [-0.2, 0) is 17.1 Å². The predicted octanol–water partition coefficient (Wildman–Crippen LogP) is 2.73. The van der Waals surface area contributed by atoms with E-state index in [1.54, 1.807) is 0 Å². The Kier molecular flexibility index (Phi) is 3.19. The third-order valence-electron chi connectivity index (χ3n) is 2.74. The van der Waals surface area contributed by atoms with Crippen LogP contribution in [0.2, 0.25) is 0 Å². The highest BCUT2D eigenvalue weighted by atomic mass is 19.4. The molecule has 2 rings (SSSR count). The molecule has 1 aliphatic heterocycles. The molecule has 1 aromatic rings. The van der Waals surface area contributed by atoms with Gasteiger partial charge in [-0.1, -0.05) is 0 Å². The van der Waals surface area contributed by atoms with Gasteiger partial charge in [-0.2, -0.15) is 26.3 Å². The van der Waals surface area contributed by atoms with Crippen LogP contribution in [0, 0.1) is 0 Å². The van der Waals surface area contributed by atoms with Gasteiger partial charge in [-0.25, -0.2) is 14.4 Å². The summed E-state index contributed by atoms with van der Waals surface area (Å²) in [6, 6.07) is -0.343. The number of halogens is 6. The molecule has 0 aliphatic carbocycles. The summed E-state index contributed by atoms with van der Waals surface area (Å²) in [5.41, 5.74) is -9.33. The largest absolute Gasteiger partial charge is 0.478 e. The van der Waals surface area contributed by atoms with E-state index in [2.05, 4.69) is 4.74 Å². The minimum atomic E-state index is -5.48. The lowest BCUT2D eigenvalue weighted by Gasteiger charge is -2.16. The van der Waals surface area contributed by atoms with Crippen LogP contribution in [0.1, 0.15) is 42.2 Å². The number of ether oxygens (including phenoxy) is 1. The molecule has 0 unspecified atom stereocenters. The molecule has 0 fully saturated rings. The van der Waals surface area contributed by atoms with Gasteiger partial charge < -0.3 is 9.84 Å². The first kappa shape index (κ1) is 15.8. The fourth-order valence-electron chi connectivity index (χ4n) is 1.97. The SMILES string of the molecule is O=C(O)c1cc(C(F)(F)F)c2c(c1C(F)(F)F)C(=O)OC2=O. The highest BCUT2D eigenvalue weighted by Gasteiger charge is 2.50. The molecule has 1 aromatic carbocycles. The number of carboxylic acid groups (broad SMARTS) is 1. The van der Waals surface area contributed by atoms with Crippen LogP contribution in [0.15, 0.2) is 6.07 Å². The molecule has 1 aliphatic rings. The Hall–Kier alpha value is -2.59. The molecule has 1 heterocycles. The van der Waals surface area contributed by atoms with E-state index in [1.807, 2.05) is 0 Å². The average Bonchev–Trinajstić information content (AvgIpc) is 2.61. The van der Waals surface area contributed by atoms with Gasteiger partial charge in [-0.3, -0.25) is 0 Å². The fraction of sp³-hybridized carbons (Fsp3) is 0.182. The molecule has 0 atom stereocenters. The molecular weight excluding hydrogens is 326 g/mol. The first-order chi connectivity index (χ1) is 9.85. The molecule has 0 saturated carbocycles. The molecule has 0 aromatic heterocycles. The molecule has 22 heavy (non-hydrogen) atoms. The van der Waals surface area contributed by atoms with Gasteiger partial charge in [0.1, 0.15) is 0 Å². The first-order valence-electron chi connectivity index (χ1n) is 5.21. The third kappa shape index (κ3) is 2.27. The maximum Gasteiger partial charge on any atom is 0.418 e. The minimum Gasteiger partial charge on any atom is -0.478 e. The number of benzene rings is 1. The monoisotopic (exact) mass is 328 g/mol. The Labute approximate surface area is 116 Å². The number of carbonyl (C=O) groups excluding carboxylic acids is 2. The van der Waals surface area contributed by atoms with E-state index < -0.39 is 58.1 Å². The molecular formula is C11H2F6O5. The van der Waals surface area contributed by atoms with Crippen molar-refractivity contribution in [2.45, 2.75) is 12.4 Å². The number of cyclic esters (lactones) is 2.